The van der Waals surface area contributed by atoms with Gasteiger partial charge in [0.15, 0.2) is 0 Å². The first-order valence-corrected chi connectivity index (χ1v) is 6.30. The van der Waals surface area contributed by atoms with Gasteiger partial charge in [-0.25, -0.2) is 9.78 Å². The fourth-order valence-corrected chi connectivity index (χ4v) is 2.73. The van der Waals surface area contributed by atoms with Crippen molar-refractivity contribution in [2.75, 3.05) is 16.6 Å². The summed E-state index contributed by atoms with van der Waals surface area (Å²) in [6.07, 6.45) is 3.70. The van der Waals surface area contributed by atoms with Crippen LogP contribution in [0.1, 0.15) is 23.2 Å². The topological polar surface area (TPSA) is 53.4 Å². The third-order valence-electron chi connectivity index (χ3n) is 2.33. The maximum Gasteiger partial charge on any atom is 0.337 e. The van der Waals surface area contributed by atoms with Gasteiger partial charge in [0, 0.05) is 18.5 Å². The van der Waals surface area contributed by atoms with Crippen LogP contribution >= 0.6 is 23.5 Å². The maximum atomic E-state index is 10.9. The van der Waals surface area contributed by atoms with Gasteiger partial charge in [-0.05, 0) is 30.9 Å². The van der Waals surface area contributed by atoms with Crippen LogP contribution in [0.5, 0.6) is 0 Å². The first kappa shape index (κ1) is 11.5. The zero-order valence-electron chi connectivity index (χ0n) is 8.52. The Morgan fingerprint density at radius 2 is 2.38 bits per heavy atom. The highest BCUT2D eigenvalue weighted by atomic mass is 35.5. The molecule has 0 atom stereocenters. The van der Waals surface area contributed by atoms with E-state index in [1.165, 1.54) is 18.7 Å². The Hall–Kier alpha value is -0.940. The van der Waals surface area contributed by atoms with Crippen molar-refractivity contribution in [3.63, 3.8) is 0 Å². The van der Waals surface area contributed by atoms with Crippen molar-refractivity contribution in [2.45, 2.75) is 12.8 Å². The van der Waals surface area contributed by atoms with Crippen LogP contribution in [0, 0.1) is 0 Å². The fourth-order valence-electron chi connectivity index (χ4n) is 1.51. The number of hydrogen-bond donors (Lipinski definition) is 1. The Bertz CT molecular complexity index is 408. The molecule has 0 aromatic carbocycles. The molecule has 1 aliphatic heterocycles. The summed E-state index contributed by atoms with van der Waals surface area (Å²) in [5.41, 5.74) is 0.109. The van der Waals surface area contributed by atoms with Gasteiger partial charge in [-0.1, -0.05) is 11.6 Å². The molecule has 1 saturated heterocycles. The molecular weight excluding hydrogens is 248 g/mol. The van der Waals surface area contributed by atoms with Crippen LogP contribution in [0.3, 0.4) is 0 Å². The average molecular weight is 259 g/mol. The van der Waals surface area contributed by atoms with E-state index in [9.17, 15) is 4.79 Å². The first-order chi connectivity index (χ1) is 7.68. The third kappa shape index (κ3) is 2.41. The number of carbonyl (C=O) groups is 1. The normalized spacial score (nSPS) is 16.2. The maximum absolute atomic E-state index is 10.9. The SMILES string of the molecule is O=C(O)c1cc(N2CCCCS2)ncc1Cl. The molecule has 2 heterocycles. The second-order valence-electron chi connectivity index (χ2n) is 3.47. The number of rotatable bonds is 2. The summed E-state index contributed by atoms with van der Waals surface area (Å²) in [4.78, 5) is 15.1. The summed E-state index contributed by atoms with van der Waals surface area (Å²) in [6, 6.07) is 1.53. The number of carboxylic acids is 1. The molecule has 0 bridgehead atoms. The van der Waals surface area contributed by atoms with Crippen LogP contribution in [0.4, 0.5) is 5.82 Å². The Balaban J connectivity index is 2.27. The van der Waals surface area contributed by atoms with Gasteiger partial charge >= 0.3 is 5.97 Å². The van der Waals surface area contributed by atoms with Crippen molar-refractivity contribution in [3.8, 4) is 0 Å². The number of carboxylic acid groups (broad SMARTS) is 1. The molecule has 1 aromatic rings. The number of nitrogens with zero attached hydrogens (tertiary/aromatic N) is 2. The van der Waals surface area contributed by atoms with Crippen molar-refractivity contribution in [1.82, 2.24) is 4.98 Å². The van der Waals surface area contributed by atoms with Crippen LogP contribution in [0.15, 0.2) is 12.3 Å². The van der Waals surface area contributed by atoms with E-state index in [0.29, 0.717) is 5.82 Å². The molecule has 1 aromatic heterocycles. The molecule has 86 valence electrons. The molecule has 0 radical (unpaired) electrons. The van der Waals surface area contributed by atoms with Gasteiger partial charge in [-0.2, -0.15) is 0 Å². The predicted molar refractivity (Wildman–Crippen MR) is 65.2 cm³/mol. The van der Waals surface area contributed by atoms with E-state index in [0.717, 1.165) is 18.7 Å². The first-order valence-electron chi connectivity index (χ1n) is 4.98. The molecule has 0 saturated carbocycles. The molecule has 1 fully saturated rings. The Morgan fingerprint density at radius 3 is 3.00 bits per heavy atom. The molecule has 0 amide bonds. The van der Waals surface area contributed by atoms with Gasteiger partial charge in [0.2, 0.25) is 0 Å². The lowest BCUT2D eigenvalue weighted by Crippen LogP contribution is -2.22. The van der Waals surface area contributed by atoms with Gasteiger partial charge in [0.05, 0.1) is 10.6 Å². The summed E-state index contributed by atoms with van der Waals surface area (Å²) < 4.78 is 2.02. The van der Waals surface area contributed by atoms with Crippen molar-refractivity contribution in [1.29, 1.82) is 0 Å². The Labute approximate surface area is 103 Å². The van der Waals surface area contributed by atoms with Crippen molar-refractivity contribution >= 4 is 35.3 Å². The molecule has 0 spiro atoms. The van der Waals surface area contributed by atoms with E-state index >= 15 is 0 Å². The van der Waals surface area contributed by atoms with Crippen LogP contribution < -0.4 is 4.31 Å². The van der Waals surface area contributed by atoms with Gasteiger partial charge in [-0.15, -0.1) is 0 Å². The molecule has 1 N–H and O–H groups in total. The smallest absolute Gasteiger partial charge is 0.337 e. The highest BCUT2D eigenvalue weighted by Gasteiger charge is 2.16. The summed E-state index contributed by atoms with van der Waals surface area (Å²) in [5.74, 6) is 0.703. The number of anilines is 1. The van der Waals surface area contributed by atoms with E-state index in [1.54, 1.807) is 11.9 Å². The molecule has 4 nitrogen and oxygen atoms in total. The predicted octanol–water partition coefficient (Wildman–Crippen LogP) is 2.68. The summed E-state index contributed by atoms with van der Waals surface area (Å²) in [5, 5.41) is 9.13. The highest BCUT2D eigenvalue weighted by molar-refractivity contribution is 8.00. The molecule has 0 aliphatic carbocycles. The Morgan fingerprint density at radius 1 is 1.56 bits per heavy atom. The number of hydrogen-bond acceptors (Lipinski definition) is 4. The lowest BCUT2D eigenvalue weighted by Gasteiger charge is -2.26. The molecule has 1 aliphatic rings. The van der Waals surface area contributed by atoms with Gasteiger partial charge in [0.1, 0.15) is 5.82 Å². The van der Waals surface area contributed by atoms with Crippen LogP contribution in [0.25, 0.3) is 0 Å². The number of aromatic carboxylic acids is 1. The number of aromatic nitrogens is 1. The van der Waals surface area contributed by atoms with E-state index in [2.05, 4.69) is 4.98 Å². The van der Waals surface area contributed by atoms with Gasteiger partial charge in [0.25, 0.3) is 0 Å². The molecular formula is C10H11ClN2O2S. The largest absolute Gasteiger partial charge is 0.478 e. The zero-order valence-corrected chi connectivity index (χ0v) is 10.1. The third-order valence-corrected chi connectivity index (χ3v) is 3.78. The lowest BCUT2D eigenvalue weighted by atomic mass is 10.2. The molecule has 2 rings (SSSR count). The molecule has 0 unspecified atom stereocenters. The number of halogens is 1. The minimum Gasteiger partial charge on any atom is -0.478 e. The summed E-state index contributed by atoms with van der Waals surface area (Å²) >= 11 is 7.44. The van der Waals surface area contributed by atoms with Crippen molar-refractivity contribution in [3.05, 3.63) is 22.8 Å². The molecule has 6 heteroatoms. The van der Waals surface area contributed by atoms with Crippen LogP contribution in [-0.2, 0) is 0 Å². The van der Waals surface area contributed by atoms with Crippen molar-refractivity contribution in [2.24, 2.45) is 0 Å². The highest BCUT2D eigenvalue weighted by Crippen LogP contribution is 2.28. The molecule has 16 heavy (non-hydrogen) atoms. The standard InChI is InChI=1S/C10H11ClN2O2S/c11-8-6-12-9(5-7(8)10(14)15)13-3-1-2-4-16-13/h5-6H,1-4H2,(H,14,15). The fraction of sp³-hybridized carbons (Fsp3) is 0.400. The minimum absolute atomic E-state index is 0.109. The van der Waals surface area contributed by atoms with E-state index in [1.807, 2.05) is 4.31 Å². The second-order valence-corrected chi connectivity index (χ2v) is 4.98. The van der Waals surface area contributed by atoms with Gasteiger partial charge < -0.3 is 9.41 Å². The van der Waals surface area contributed by atoms with Crippen molar-refractivity contribution < 1.29 is 9.90 Å². The minimum atomic E-state index is -1.02. The monoisotopic (exact) mass is 258 g/mol. The quantitative estimate of drug-likeness (QED) is 0.827. The second kappa shape index (κ2) is 4.93. The van der Waals surface area contributed by atoms with Crippen LogP contribution in [0.2, 0.25) is 5.02 Å². The van der Waals surface area contributed by atoms with Crippen LogP contribution in [-0.4, -0.2) is 28.4 Å². The average Bonchev–Trinajstić information content (AvgIpc) is 2.30. The van der Waals surface area contributed by atoms with Gasteiger partial charge in [-0.3, -0.25) is 0 Å². The Kier molecular flexibility index (Phi) is 3.56. The van der Waals surface area contributed by atoms with E-state index in [4.69, 9.17) is 16.7 Å². The van der Waals surface area contributed by atoms with E-state index in [-0.39, 0.29) is 10.6 Å². The summed E-state index contributed by atoms with van der Waals surface area (Å²) in [6.45, 7) is 0.901. The number of pyridine rings is 1. The zero-order chi connectivity index (χ0) is 11.5. The van der Waals surface area contributed by atoms with E-state index < -0.39 is 5.97 Å². The lowest BCUT2D eigenvalue weighted by molar-refractivity contribution is 0.0697. The summed E-state index contributed by atoms with van der Waals surface area (Å²) in [7, 11) is 0.